The Morgan fingerprint density at radius 2 is 1.85 bits per heavy atom. The molecule has 2 aromatic carbocycles. The molecule has 0 bridgehead atoms. The van der Waals surface area contributed by atoms with Crippen LogP contribution in [0.15, 0.2) is 47.4 Å². The maximum Gasteiger partial charge on any atom is 0.238 e. The quantitative estimate of drug-likeness (QED) is 0.941. The van der Waals surface area contributed by atoms with Crippen molar-refractivity contribution in [2.24, 2.45) is 5.14 Å². The van der Waals surface area contributed by atoms with Crippen LogP contribution in [-0.4, -0.2) is 8.42 Å². The molecule has 0 aliphatic carbocycles. The zero-order valence-corrected chi connectivity index (χ0v) is 12.3. The Kier molecular flexibility index (Phi) is 4.11. The molecule has 0 saturated carbocycles. The fourth-order valence-electron chi connectivity index (χ4n) is 2.03. The fraction of sp³-hybridized carbons (Fsp3) is 0.200. The summed E-state index contributed by atoms with van der Waals surface area (Å²) >= 11 is 0. The van der Waals surface area contributed by atoms with E-state index < -0.39 is 10.0 Å². The Morgan fingerprint density at radius 1 is 1.15 bits per heavy atom. The Hall–Kier alpha value is -1.85. The number of rotatable bonds is 4. The van der Waals surface area contributed by atoms with Gasteiger partial charge in [-0.25, -0.2) is 13.6 Å². The van der Waals surface area contributed by atoms with Gasteiger partial charge in [-0.1, -0.05) is 25.1 Å². The molecule has 0 fully saturated rings. The average molecular weight is 291 g/mol. The number of ether oxygens (including phenoxy) is 1. The summed E-state index contributed by atoms with van der Waals surface area (Å²) < 4.78 is 28.5. The van der Waals surface area contributed by atoms with Gasteiger partial charge in [0.15, 0.2) is 0 Å². The SMILES string of the molecule is CCc1ccccc1Oc1ccc(S(N)(=O)=O)c(C)c1. The van der Waals surface area contributed by atoms with Crippen LogP contribution in [0.2, 0.25) is 0 Å². The standard InChI is InChI=1S/C15H17NO3S/c1-3-12-6-4-5-7-14(12)19-13-8-9-15(11(2)10-13)20(16,17)18/h4-10H,3H2,1-2H3,(H2,16,17,18). The number of benzene rings is 2. The molecule has 0 radical (unpaired) electrons. The van der Waals surface area contributed by atoms with Crippen LogP contribution in [0.4, 0.5) is 0 Å². The van der Waals surface area contributed by atoms with Gasteiger partial charge in [0.25, 0.3) is 0 Å². The predicted octanol–water partition coefficient (Wildman–Crippen LogP) is 3.00. The molecule has 20 heavy (non-hydrogen) atoms. The van der Waals surface area contributed by atoms with E-state index in [4.69, 9.17) is 9.88 Å². The van der Waals surface area contributed by atoms with E-state index in [2.05, 4.69) is 6.92 Å². The molecule has 0 aromatic heterocycles. The minimum Gasteiger partial charge on any atom is -0.457 e. The van der Waals surface area contributed by atoms with Crippen LogP contribution >= 0.6 is 0 Å². The number of nitrogens with two attached hydrogens (primary N) is 1. The first kappa shape index (κ1) is 14.6. The second-order valence-electron chi connectivity index (χ2n) is 4.54. The topological polar surface area (TPSA) is 69.4 Å². The molecule has 4 nitrogen and oxygen atoms in total. The molecule has 0 heterocycles. The van der Waals surface area contributed by atoms with Crippen LogP contribution in [0.25, 0.3) is 0 Å². The lowest BCUT2D eigenvalue weighted by atomic mass is 10.1. The fourth-order valence-corrected chi connectivity index (χ4v) is 2.79. The molecule has 0 spiro atoms. The van der Waals surface area contributed by atoms with Crippen molar-refractivity contribution in [3.05, 3.63) is 53.6 Å². The molecule has 0 unspecified atom stereocenters. The molecule has 2 N–H and O–H groups in total. The van der Waals surface area contributed by atoms with Gasteiger partial charge in [0, 0.05) is 0 Å². The largest absolute Gasteiger partial charge is 0.457 e. The maximum absolute atomic E-state index is 11.4. The Labute approximate surface area is 119 Å². The smallest absolute Gasteiger partial charge is 0.238 e. The molecular weight excluding hydrogens is 274 g/mol. The van der Waals surface area contributed by atoms with Crippen LogP contribution in [0.1, 0.15) is 18.1 Å². The van der Waals surface area contributed by atoms with Crippen LogP contribution in [0.3, 0.4) is 0 Å². The monoisotopic (exact) mass is 291 g/mol. The Bertz CT molecular complexity index is 724. The van der Waals surface area contributed by atoms with E-state index in [1.807, 2.05) is 24.3 Å². The van der Waals surface area contributed by atoms with E-state index in [1.165, 1.54) is 6.07 Å². The predicted molar refractivity (Wildman–Crippen MR) is 78.4 cm³/mol. The second-order valence-corrected chi connectivity index (χ2v) is 6.07. The highest BCUT2D eigenvalue weighted by Crippen LogP contribution is 2.28. The summed E-state index contributed by atoms with van der Waals surface area (Å²) in [4.78, 5) is 0.119. The molecule has 0 amide bonds. The first-order valence-corrected chi connectivity index (χ1v) is 7.85. The lowest BCUT2D eigenvalue weighted by molar-refractivity contribution is 0.476. The van der Waals surface area contributed by atoms with Crippen molar-refractivity contribution >= 4 is 10.0 Å². The van der Waals surface area contributed by atoms with Gasteiger partial charge in [-0.15, -0.1) is 0 Å². The third kappa shape index (κ3) is 3.18. The Morgan fingerprint density at radius 3 is 2.45 bits per heavy atom. The van der Waals surface area contributed by atoms with Crippen molar-refractivity contribution in [1.82, 2.24) is 0 Å². The van der Waals surface area contributed by atoms with Gasteiger partial charge < -0.3 is 4.74 Å². The number of sulfonamides is 1. The van der Waals surface area contributed by atoms with Crippen molar-refractivity contribution in [2.45, 2.75) is 25.2 Å². The van der Waals surface area contributed by atoms with Crippen molar-refractivity contribution in [1.29, 1.82) is 0 Å². The van der Waals surface area contributed by atoms with Crippen molar-refractivity contribution in [2.75, 3.05) is 0 Å². The third-order valence-corrected chi connectivity index (χ3v) is 4.11. The maximum atomic E-state index is 11.4. The van der Waals surface area contributed by atoms with Crippen molar-refractivity contribution < 1.29 is 13.2 Å². The summed E-state index contributed by atoms with van der Waals surface area (Å²) in [5.41, 5.74) is 1.67. The van der Waals surface area contributed by atoms with E-state index >= 15 is 0 Å². The lowest BCUT2D eigenvalue weighted by Crippen LogP contribution is -2.13. The highest BCUT2D eigenvalue weighted by atomic mass is 32.2. The van der Waals surface area contributed by atoms with Crippen LogP contribution in [0, 0.1) is 6.92 Å². The molecule has 2 aromatic rings. The van der Waals surface area contributed by atoms with Gasteiger partial charge in [-0.2, -0.15) is 0 Å². The van der Waals surface area contributed by atoms with Gasteiger partial charge in [0.1, 0.15) is 11.5 Å². The number of hydrogen-bond donors (Lipinski definition) is 1. The highest BCUT2D eigenvalue weighted by molar-refractivity contribution is 7.89. The van der Waals surface area contributed by atoms with E-state index in [0.717, 1.165) is 17.7 Å². The summed E-state index contributed by atoms with van der Waals surface area (Å²) in [7, 11) is -3.69. The van der Waals surface area contributed by atoms with E-state index in [1.54, 1.807) is 19.1 Å². The first-order valence-electron chi connectivity index (χ1n) is 6.31. The highest BCUT2D eigenvalue weighted by Gasteiger charge is 2.12. The first-order chi connectivity index (χ1) is 9.41. The summed E-state index contributed by atoms with van der Waals surface area (Å²) in [6.45, 7) is 3.75. The molecule has 2 rings (SSSR count). The van der Waals surface area contributed by atoms with Gasteiger partial charge in [0.2, 0.25) is 10.0 Å². The number of aryl methyl sites for hydroxylation is 2. The summed E-state index contributed by atoms with van der Waals surface area (Å²) in [5, 5.41) is 5.14. The van der Waals surface area contributed by atoms with Gasteiger partial charge in [-0.3, -0.25) is 0 Å². The Balaban J connectivity index is 2.34. The molecule has 106 valence electrons. The van der Waals surface area contributed by atoms with Crippen molar-refractivity contribution in [3.63, 3.8) is 0 Å². The van der Waals surface area contributed by atoms with Gasteiger partial charge in [0.05, 0.1) is 4.90 Å². The molecule has 0 atom stereocenters. The van der Waals surface area contributed by atoms with Crippen molar-refractivity contribution in [3.8, 4) is 11.5 Å². The lowest BCUT2D eigenvalue weighted by Gasteiger charge is -2.11. The molecular formula is C15H17NO3S. The van der Waals surface area contributed by atoms with E-state index in [0.29, 0.717) is 11.3 Å². The summed E-state index contributed by atoms with van der Waals surface area (Å²) in [6, 6.07) is 12.5. The number of para-hydroxylation sites is 1. The molecule has 5 heteroatoms. The van der Waals surface area contributed by atoms with E-state index in [-0.39, 0.29) is 4.90 Å². The minimum atomic E-state index is -3.69. The number of hydrogen-bond acceptors (Lipinski definition) is 3. The average Bonchev–Trinajstić information content (AvgIpc) is 2.38. The second kappa shape index (κ2) is 5.64. The molecule has 0 aliphatic rings. The normalized spacial score (nSPS) is 11.3. The molecule has 0 aliphatic heterocycles. The number of primary sulfonamides is 1. The summed E-state index contributed by atoms with van der Waals surface area (Å²) in [6.07, 6.45) is 0.865. The van der Waals surface area contributed by atoms with Gasteiger partial charge in [-0.05, 0) is 48.7 Å². The zero-order valence-electron chi connectivity index (χ0n) is 11.5. The van der Waals surface area contributed by atoms with Gasteiger partial charge >= 0.3 is 0 Å². The molecule has 0 saturated heterocycles. The minimum absolute atomic E-state index is 0.119. The summed E-state index contributed by atoms with van der Waals surface area (Å²) in [5.74, 6) is 1.37. The van der Waals surface area contributed by atoms with E-state index in [9.17, 15) is 8.42 Å². The van der Waals surface area contributed by atoms with Crippen LogP contribution in [0.5, 0.6) is 11.5 Å². The zero-order chi connectivity index (χ0) is 14.8. The van der Waals surface area contributed by atoms with Crippen LogP contribution < -0.4 is 9.88 Å². The van der Waals surface area contributed by atoms with Crippen LogP contribution in [-0.2, 0) is 16.4 Å². The third-order valence-electron chi connectivity index (χ3n) is 3.03.